The lowest BCUT2D eigenvalue weighted by Gasteiger charge is -2.48. The van der Waals surface area contributed by atoms with E-state index in [2.05, 4.69) is 18.0 Å². The van der Waals surface area contributed by atoms with Crippen molar-refractivity contribution < 1.29 is 23.5 Å². The second kappa shape index (κ2) is 15.3. The smallest absolute Gasteiger partial charge is 0.284 e. The molecule has 2 unspecified atom stereocenters. The molecule has 0 bridgehead atoms. The number of nitrogens with two attached hydrogens (primary N) is 1. The van der Waals surface area contributed by atoms with Gasteiger partial charge in [0.2, 0.25) is 5.91 Å². The highest BCUT2D eigenvalue weighted by molar-refractivity contribution is 6.19. The first-order valence-electron chi connectivity index (χ1n) is 13.8. The molecule has 1 aromatic rings. The summed E-state index contributed by atoms with van der Waals surface area (Å²) in [5, 5.41) is 20.2. The first-order chi connectivity index (χ1) is 20.2. The van der Waals surface area contributed by atoms with Crippen molar-refractivity contribution in [1.29, 1.82) is 10.7 Å². The van der Waals surface area contributed by atoms with Crippen LogP contribution >= 0.6 is 11.6 Å². The number of aryl methyl sites for hydroxylation is 1. The second-order valence-electron chi connectivity index (χ2n) is 11.0. The summed E-state index contributed by atoms with van der Waals surface area (Å²) in [6.45, 7) is 12.1. The second-order valence-corrected chi connectivity index (χ2v) is 11.3. The summed E-state index contributed by atoms with van der Waals surface area (Å²) in [5.41, 5.74) is 5.88. The van der Waals surface area contributed by atoms with Crippen LogP contribution in [-0.4, -0.2) is 52.3 Å². The predicted octanol–water partition coefficient (Wildman–Crippen LogP) is 5.41. The minimum absolute atomic E-state index is 0.0760. The highest BCUT2D eigenvalue weighted by Crippen LogP contribution is 2.37. The Kier molecular flexibility index (Phi) is 12.4. The van der Waals surface area contributed by atoms with Crippen LogP contribution in [0, 0.1) is 29.1 Å². The van der Waals surface area contributed by atoms with Crippen molar-refractivity contribution in [2.45, 2.75) is 72.0 Å². The van der Waals surface area contributed by atoms with E-state index in [4.69, 9.17) is 27.5 Å². The van der Waals surface area contributed by atoms with E-state index in [9.17, 15) is 24.0 Å². The number of allylic oxidation sites excluding steroid dienone is 4. The standard InChI is InChI=1S/C32H39ClFN5O4/c1-7-22(11-13-24(34)17-33)25-9-8-10-28(32(5,6)18-35)39(25)31(42)21(4)38-30(41)23-12-14-26(19(2)15-23)43-27(29(37)40)16-20(3)36/h7,11-16,21,25,28,36H,1,8-10,17H2,2-6H3,(H2,37,40)(H,38,41)/b22-11+,24-13+,27-16+,36-20?/t21-,25?,28?/m1/s1. The van der Waals surface area contributed by atoms with Gasteiger partial charge < -0.3 is 26.1 Å². The minimum Gasteiger partial charge on any atom is -0.451 e. The highest BCUT2D eigenvalue weighted by atomic mass is 35.5. The lowest BCUT2D eigenvalue weighted by atomic mass is 9.77. The fourth-order valence-corrected chi connectivity index (χ4v) is 4.99. The molecule has 0 aliphatic carbocycles. The fraction of sp³-hybridized carbons (Fsp3) is 0.406. The minimum atomic E-state index is -0.970. The number of nitriles is 1. The van der Waals surface area contributed by atoms with Crippen molar-refractivity contribution in [2.75, 3.05) is 5.88 Å². The number of hydrogen-bond donors (Lipinski definition) is 3. The summed E-state index contributed by atoms with van der Waals surface area (Å²) in [5.74, 6) is -2.53. The SMILES string of the molecule is C=C/C(=C\C=C(\F)CCl)C1CCCC(C(C)(C)C#N)N1C(=O)[C@@H](C)NC(=O)c1ccc(O/C(=C/C(C)=N)C(N)=O)c(C)c1. The quantitative estimate of drug-likeness (QED) is 0.0950. The Bertz CT molecular complexity index is 1410. The van der Waals surface area contributed by atoms with Crippen molar-refractivity contribution in [3.63, 3.8) is 0 Å². The average molecular weight is 612 g/mol. The molecule has 230 valence electrons. The molecule has 3 atom stereocenters. The van der Waals surface area contributed by atoms with Gasteiger partial charge in [0, 0.05) is 17.4 Å². The molecule has 0 radical (unpaired) electrons. The molecule has 1 aromatic carbocycles. The van der Waals surface area contributed by atoms with Crippen LogP contribution < -0.4 is 15.8 Å². The molecule has 0 spiro atoms. The van der Waals surface area contributed by atoms with Crippen LogP contribution in [0.4, 0.5) is 4.39 Å². The Hall–Kier alpha value is -4.23. The van der Waals surface area contributed by atoms with Crippen LogP contribution in [0.3, 0.4) is 0 Å². The maximum Gasteiger partial charge on any atom is 0.284 e. The number of rotatable bonds is 12. The van der Waals surface area contributed by atoms with Crippen LogP contribution in [0.2, 0.25) is 0 Å². The number of halogens is 2. The molecule has 0 aromatic heterocycles. The molecule has 1 heterocycles. The maximum absolute atomic E-state index is 14.0. The van der Waals surface area contributed by atoms with Gasteiger partial charge in [0.25, 0.3) is 11.8 Å². The van der Waals surface area contributed by atoms with Gasteiger partial charge >= 0.3 is 0 Å². The highest BCUT2D eigenvalue weighted by Gasteiger charge is 2.44. The van der Waals surface area contributed by atoms with E-state index >= 15 is 0 Å². The fourth-order valence-electron chi connectivity index (χ4n) is 4.90. The first kappa shape index (κ1) is 35.0. The summed E-state index contributed by atoms with van der Waals surface area (Å²) in [7, 11) is 0. The lowest BCUT2D eigenvalue weighted by Crippen LogP contribution is -2.60. The molecule has 1 fully saturated rings. The lowest BCUT2D eigenvalue weighted by molar-refractivity contribution is -0.141. The number of alkyl halides is 1. The number of amides is 3. The van der Waals surface area contributed by atoms with Crippen LogP contribution in [0.1, 0.15) is 62.9 Å². The third-order valence-electron chi connectivity index (χ3n) is 7.17. The van der Waals surface area contributed by atoms with Gasteiger partial charge in [-0.1, -0.05) is 18.7 Å². The first-order valence-corrected chi connectivity index (χ1v) is 14.3. The van der Waals surface area contributed by atoms with Gasteiger partial charge in [-0.05, 0) is 89.3 Å². The van der Waals surface area contributed by atoms with Crippen LogP contribution in [0.25, 0.3) is 0 Å². The molecule has 4 N–H and O–H groups in total. The number of likely N-dealkylation sites (tertiary alicyclic amines) is 1. The van der Waals surface area contributed by atoms with E-state index in [1.807, 2.05) is 0 Å². The average Bonchev–Trinajstić information content (AvgIpc) is 2.96. The van der Waals surface area contributed by atoms with Gasteiger partial charge in [0.1, 0.15) is 17.6 Å². The molecule has 2 rings (SSSR count). The Morgan fingerprint density at radius 1 is 1.35 bits per heavy atom. The summed E-state index contributed by atoms with van der Waals surface area (Å²) in [6, 6.07) is 4.89. The van der Waals surface area contributed by atoms with Crippen molar-refractivity contribution in [1.82, 2.24) is 10.2 Å². The van der Waals surface area contributed by atoms with E-state index in [0.29, 0.717) is 24.0 Å². The zero-order valence-electron chi connectivity index (χ0n) is 25.2. The number of ether oxygens (including phenoxy) is 1. The third kappa shape index (κ3) is 9.13. The van der Waals surface area contributed by atoms with Gasteiger partial charge in [-0.15, -0.1) is 11.6 Å². The van der Waals surface area contributed by atoms with Crippen LogP contribution in [0.5, 0.6) is 5.75 Å². The molecule has 11 heteroatoms. The van der Waals surface area contributed by atoms with Gasteiger partial charge in [0.15, 0.2) is 5.76 Å². The number of benzene rings is 1. The van der Waals surface area contributed by atoms with E-state index in [1.165, 1.54) is 37.3 Å². The Labute approximate surface area is 257 Å². The van der Waals surface area contributed by atoms with E-state index in [0.717, 1.165) is 6.42 Å². The van der Waals surface area contributed by atoms with Crippen molar-refractivity contribution >= 4 is 35.0 Å². The monoisotopic (exact) mass is 611 g/mol. The Morgan fingerprint density at radius 3 is 2.56 bits per heavy atom. The van der Waals surface area contributed by atoms with E-state index in [1.54, 1.807) is 44.7 Å². The summed E-state index contributed by atoms with van der Waals surface area (Å²) in [6.07, 6.45) is 7.41. The Morgan fingerprint density at radius 2 is 2.02 bits per heavy atom. The number of carbonyl (C=O) groups excluding carboxylic acids is 3. The molecule has 43 heavy (non-hydrogen) atoms. The molecular weight excluding hydrogens is 573 g/mol. The van der Waals surface area contributed by atoms with Crippen molar-refractivity contribution in [3.05, 3.63) is 77.4 Å². The van der Waals surface area contributed by atoms with Gasteiger partial charge in [-0.25, -0.2) is 4.39 Å². The number of hydrogen-bond acceptors (Lipinski definition) is 6. The zero-order chi connectivity index (χ0) is 32.5. The topological polar surface area (TPSA) is 149 Å². The van der Waals surface area contributed by atoms with Crippen LogP contribution in [-0.2, 0) is 9.59 Å². The van der Waals surface area contributed by atoms with Gasteiger partial charge in [0.05, 0.1) is 29.4 Å². The molecular formula is C32H39ClFN5O4. The van der Waals surface area contributed by atoms with Crippen molar-refractivity contribution in [2.24, 2.45) is 11.1 Å². The maximum atomic E-state index is 14.0. The molecule has 0 saturated carbocycles. The Balaban J connectivity index is 2.38. The van der Waals surface area contributed by atoms with Crippen molar-refractivity contribution in [3.8, 4) is 11.8 Å². The molecule has 3 amide bonds. The number of primary amides is 1. The normalized spacial score (nSPS) is 18.7. The number of nitrogens with one attached hydrogen (secondary N) is 2. The number of carbonyl (C=O) groups is 3. The van der Waals surface area contributed by atoms with E-state index < -0.39 is 47.1 Å². The zero-order valence-corrected chi connectivity index (χ0v) is 25.9. The van der Waals surface area contributed by atoms with Gasteiger partial charge in [-0.2, -0.15) is 5.26 Å². The summed E-state index contributed by atoms with van der Waals surface area (Å²) in [4.78, 5) is 40.5. The summed E-state index contributed by atoms with van der Waals surface area (Å²) >= 11 is 5.58. The van der Waals surface area contributed by atoms with Crippen LogP contribution in [0.15, 0.2) is 66.2 Å². The molecule has 9 nitrogen and oxygen atoms in total. The summed E-state index contributed by atoms with van der Waals surface area (Å²) < 4.78 is 19.4. The molecule has 1 aliphatic rings. The number of piperidine rings is 1. The number of nitrogens with zero attached hydrogens (tertiary/aromatic N) is 2. The largest absolute Gasteiger partial charge is 0.451 e. The predicted molar refractivity (Wildman–Crippen MR) is 165 cm³/mol. The van der Waals surface area contributed by atoms with Gasteiger partial charge in [-0.3, -0.25) is 14.4 Å². The molecule has 1 aliphatic heterocycles. The molecule has 1 saturated heterocycles. The van der Waals surface area contributed by atoms with E-state index in [-0.39, 0.29) is 28.7 Å². The third-order valence-corrected chi connectivity index (χ3v) is 7.43.